The first-order chi connectivity index (χ1) is 8.99. The number of carbonyl (C=O) groups excluding carboxylic acids is 1. The van der Waals surface area contributed by atoms with Gasteiger partial charge in [0.2, 0.25) is 0 Å². The molecule has 1 aromatic carbocycles. The molecule has 0 radical (unpaired) electrons. The molecule has 0 bridgehead atoms. The molecular weight excluding hydrogens is 236 g/mol. The summed E-state index contributed by atoms with van der Waals surface area (Å²) in [5, 5.41) is 3.00. The molecule has 0 saturated heterocycles. The molecule has 0 aromatic heterocycles. The zero-order valence-corrected chi connectivity index (χ0v) is 12.8. The molecule has 0 unspecified atom stereocenters. The van der Waals surface area contributed by atoms with Crippen molar-refractivity contribution in [3.8, 4) is 0 Å². The van der Waals surface area contributed by atoms with Gasteiger partial charge < -0.3 is 10.2 Å². The molecule has 106 valence electrons. The van der Waals surface area contributed by atoms with Gasteiger partial charge in [0.25, 0.3) is 5.91 Å². The topological polar surface area (TPSA) is 32.3 Å². The average Bonchev–Trinajstić information content (AvgIpc) is 2.38. The zero-order valence-electron chi connectivity index (χ0n) is 12.8. The van der Waals surface area contributed by atoms with Crippen LogP contribution in [0.3, 0.4) is 0 Å². The van der Waals surface area contributed by atoms with Gasteiger partial charge in [-0.1, -0.05) is 19.9 Å². The Morgan fingerprint density at radius 1 is 1.05 bits per heavy atom. The van der Waals surface area contributed by atoms with Crippen LogP contribution in [0.15, 0.2) is 12.1 Å². The molecule has 0 aliphatic carbocycles. The normalized spacial score (nSPS) is 10.8. The molecule has 0 atom stereocenters. The second-order valence-corrected chi connectivity index (χ2v) is 5.03. The van der Waals surface area contributed by atoms with E-state index in [1.165, 1.54) is 11.1 Å². The summed E-state index contributed by atoms with van der Waals surface area (Å²) >= 11 is 0. The quantitative estimate of drug-likeness (QED) is 0.855. The molecular formula is C16H26N2O. The number of benzene rings is 1. The number of hydrogen-bond acceptors (Lipinski definition) is 2. The lowest BCUT2D eigenvalue weighted by atomic mass is 10.0. The van der Waals surface area contributed by atoms with Crippen LogP contribution in [0, 0.1) is 20.8 Å². The number of rotatable bonds is 6. The molecule has 1 aromatic rings. The Labute approximate surface area is 117 Å². The van der Waals surface area contributed by atoms with Gasteiger partial charge in [-0.25, -0.2) is 0 Å². The molecule has 0 heterocycles. The largest absolute Gasteiger partial charge is 0.351 e. The first kappa shape index (κ1) is 15.7. The third kappa shape index (κ3) is 4.35. The Morgan fingerprint density at radius 3 is 2.21 bits per heavy atom. The number of nitrogens with one attached hydrogen (secondary N) is 1. The van der Waals surface area contributed by atoms with Crippen molar-refractivity contribution < 1.29 is 4.79 Å². The second kappa shape index (κ2) is 7.29. The van der Waals surface area contributed by atoms with Gasteiger partial charge in [0.05, 0.1) is 0 Å². The van der Waals surface area contributed by atoms with Crippen LogP contribution >= 0.6 is 0 Å². The lowest BCUT2D eigenvalue weighted by molar-refractivity contribution is 0.0948. The minimum absolute atomic E-state index is 0.0350. The number of aryl methyl sites for hydroxylation is 3. The molecule has 3 heteroatoms. The summed E-state index contributed by atoms with van der Waals surface area (Å²) in [6, 6.07) is 4.06. The van der Waals surface area contributed by atoms with E-state index in [0.29, 0.717) is 6.54 Å². The van der Waals surface area contributed by atoms with Gasteiger partial charge in [-0.3, -0.25) is 4.79 Å². The Morgan fingerprint density at radius 2 is 1.63 bits per heavy atom. The van der Waals surface area contributed by atoms with Crippen molar-refractivity contribution in [1.29, 1.82) is 0 Å². The van der Waals surface area contributed by atoms with Gasteiger partial charge in [0, 0.05) is 18.7 Å². The van der Waals surface area contributed by atoms with E-state index in [1.807, 2.05) is 19.9 Å². The van der Waals surface area contributed by atoms with E-state index in [9.17, 15) is 4.79 Å². The monoisotopic (exact) mass is 262 g/mol. The standard InChI is InChI=1S/C16H26N2O/c1-6-18(7-2)9-8-17-16(19)15-11-13(4)12(3)10-14(15)5/h10-11H,6-9H2,1-5H3,(H,17,19). The van der Waals surface area contributed by atoms with Gasteiger partial charge in [-0.05, 0) is 56.6 Å². The molecule has 3 nitrogen and oxygen atoms in total. The highest BCUT2D eigenvalue weighted by Gasteiger charge is 2.10. The number of likely N-dealkylation sites (N-methyl/N-ethyl adjacent to an activating group) is 1. The lowest BCUT2D eigenvalue weighted by Gasteiger charge is -2.18. The van der Waals surface area contributed by atoms with Crippen LogP contribution in [0.5, 0.6) is 0 Å². The smallest absolute Gasteiger partial charge is 0.251 e. The van der Waals surface area contributed by atoms with E-state index in [1.54, 1.807) is 0 Å². The van der Waals surface area contributed by atoms with Crippen LogP contribution in [-0.4, -0.2) is 37.0 Å². The van der Waals surface area contributed by atoms with Crippen LogP contribution in [0.25, 0.3) is 0 Å². The second-order valence-electron chi connectivity index (χ2n) is 5.03. The highest BCUT2D eigenvalue weighted by molar-refractivity contribution is 5.95. The fourth-order valence-corrected chi connectivity index (χ4v) is 2.17. The van der Waals surface area contributed by atoms with Crippen molar-refractivity contribution in [1.82, 2.24) is 10.2 Å². The van der Waals surface area contributed by atoms with Crippen LogP contribution in [0.1, 0.15) is 40.9 Å². The summed E-state index contributed by atoms with van der Waals surface area (Å²) in [5.74, 6) is 0.0350. The van der Waals surface area contributed by atoms with Crippen LogP contribution < -0.4 is 5.32 Å². The summed E-state index contributed by atoms with van der Waals surface area (Å²) in [5.41, 5.74) is 4.24. The Bertz CT molecular complexity index is 437. The molecule has 1 amide bonds. The molecule has 0 aliphatic rings. The van der Waals surface area contributed by atoms with E-state index < -0.39 is 0 Å². The Kier molecular flexibility index (Phi) is 6.03. The van der Waals surface area contributed by atoms with Crippen molar-refractivity contribution >= 4 is 5.91 Å². The van der Waals surface area contributed by atoms with Crippen molar-refractivity contribution in [3.05, 3.63) is 34.4 Å². The van der Waals surface area contributed by atoms with Gasteiger partial charge >= 0.3 is 0 Å². The van der Waals surface area contributed by atoms with E-state index in [0.717, 1.165) is 30.8 Å². The first-order valence-electron chi connectivity index (χ1n) is 7.08. The Balaban J connectivity index is 2.61. The van der Waals surface area contributed by atoms with Crippen molar-refractivity contribution in [2.24, 2.45) is 0 Å². The molecule has 0 spiro atoms. The molecule has 1 N–H and O–H groups in total. The van der Waals surface area contributed by atoms with E-state index in [-0.39, 0.29) is 5.91 Å². The van der Waals surface area contributed by atoms with Crippen molar-refractivity contribution in [2.75, 3.05) is 26.2 Å². The maximum absolute atomic E-state index is 12.2. The summed E-state index contributed by atoms with van der Waals surface area (Å²) in [6.07, 6.45) is 0. The molecule has 19 heavy (non-hydrogen) atoms. The fourth-order valence-electron chi connectivity index (χ4n) is 2.17. The zero-order chi connectivity index (χ0) is 14.4. The highest BCUT2D eigenvalue weighted by Crippen LogP contribution is 2.15. The summed E-state index contributed by atoms with van der Waals surface area (Å²) in [7, 11) is 0. The number of carbonyl (C=O) groups is 1. The summed E-state index contributed by atoms with van der Waals surface area (Å²) < 4.78 is 0. The lowest BCUT2D eigenvalue weighted by Crippen LogP contribution is -2.35. The van der Waals surface area contributed by atoms with Crippen LogP contribution in [0.4, 0.5) is 0 Å². The maximum Gasteiger partial charge on any atom is 0.251 e. The third-order valence-corrected chi connectivity index (χ3v) is 3.69. The fraction of sp³-hybridized carbons (Fsp3) is 0.562. The SMILES string of the molecule is CCN(CC)CCNC(=O)c1cc(C)c(C)cc1C. The average molecular weight is 262 g/mol. The van der Waals surface area contributed by atoms with Gasteiger partial charge in [0.15, 0.2) is 0 Å². The molecule has 0 saturated carbocycles. The van der Waals surface area contributed by atoms with Gasteiger partial charge in [-0.2, -0.15) is 0 Å². The summed E-state index contributed by atoms with van der Waals surface area (Å²) in [4.78, 5) is 14.5. The molecule has 0 fully saturated rings. The van der Waals surface area contributed by atoms with E-state index in [4.69, 9.17) is 0 Å². The predicted molar refractivity (Wildman–Crippen MR) is 80.8 cm³/mol. The van der Waals surface area contributed by atoms with Crippen LogP contribution in [-0.2, 0) is 0 Å². The first-order valence-corrected chi connectivity index (χ1v) is 7.08. The van der Waals surface area contributed by atoms with Crippen LogP contribution in [0.2, 0.25) is 0 Å². The van der Waals surface area contributed by atoms with Gasteiger partial charge in [0.1, 0.15) is 0 Å². The van der Waals surface area contributed by atoms with Gasteiger partial charge in [-0.15, -0.1) is 0 Å². The molecule has 0 aliphatic heterocycles. The minimum atomic E-state index is 0.0350. The number of nitrogens with zero attached hydrogens (tertiary/aromatic N) is 1. The molecule has 1 rings (SSSR count). The van der Waals surface area contributed by atoms with E-state index in [2.05, 4.69) is 37.1 Å². The third-order valence-electron chi connectivity index (χ3n) is 3.69. The van der Waals surface area contributed by atoms with Crippen molar-refractivity contribution in [2.45, 2.75) is 34.6 Å². The van der Waals surface area contributed by atoms with E-state index >= 15 is 0 Å². The summed E-state index contributed by atoms with van der Waals surface area (Å²) in [6.45, 7) is 14.0. The predicted octanol–water partition coefficient (Wildman–Crippen LogP) is 2.68. The highest BCUT2D eigenvalue weighted by atomic mass is 16.1. The number of hydrogen-bond donors (Lipinski definition) is 1. The minimum Gasteiger partial charge on any atom is -0.351 e. The Hall–Kier alpha value is -1.35. The van der Waals surface area contributed by atoms with Crippen molar-refractivity contribution in [3.63, 3.8) is 0 Å². The number of amides is 1. The maximum atomic E-state index is 12.2.